The molecule has 0 heterocycles. The van der Waals surface area contributed by atoms with E-state index in [1.54, 1.807) is 13.0 Å². The summed E-state index contributed by atoms with van der Waals surface area (Å²) in [6, 6.07) is 3.62. The normalized spacial score (nSPS) is 17.4. The standard InChI is InChI=1S/C13H16F4N2/c1-8(18)9-2-5-12(11(14)6-9)19(10-3-4-10)7-13(15,16)17/h2,5-6,8,10H,3-4,7,18H2,1H3/t8-/m1/s1. The van der Waals surface area contributed by atoms with E-state index < -0.39 is 18.5 Å². The van der Waals surface area contributed by atoms with E-state index in [-0.39, 0.29) is 17.8 Å². The Balaban J connectivity index is 2.27. The third kappa shape index (κ3) is 3.59. The van der Waals surface area contributed by atoms with Crippen LogP contribution in [-0.4, -0.2) is 18.8 Å². The van der Waals surface area contributed by atoms with Crippen molar-refractivity contribution in [2.75, 3.05) is 11.4 Å². The molecule has 0 spiro atoms. The summed E-state index contributed by atoms with van der Waals surface area (Å²) in [4.78, 5) is 1.10. The highest BCUT2D eigenvalue weighted by atomic mass is 19.4. The number of anilines is 1. The lowest BCUT2D eigenvalue weighted by molar-refractivity contribution is -0.120. The predicted octanol–water partition coefficient (Wildman–Crippen LogP) is 3.38. The minimum Gasteiger partial charge on any atom is -0.357 e. The van der Waals surface area contributed by atoms with Crippen LogP contribution in [0.4, 0.5) is 23.2 Å². The lowest BCUT2D eigenvalue weighted by Crippen LogP contribution is -2.36. The highest BCUT2D eigenvalue weighted by molar-refractivity contribution is 5.51. The van der Waals surface area contributed by atoms with Gasteiger partial charge in [0, 0.05) is 12.1 Å². The van der Waals surface area contributed by atoms with E-state index >= 15 is 0 Å². The molecule has 1 atom stereocenters. The Morgan fingerprint density at radius 1 is 1.37 bits per heavy atom. The molecule has 0 radical (unpaired) electrons. The molecule has 2 nitrogen and oxygen atoms in total. The smallest absolute Gasteiger partial charge is 0.357 e. The number of alkyl halides is 3. The minimum absolute atomic E-state index is 0.00391. The molecule has 1 aliphatic carbocycles. The molecule has 1 saturated carbocycles. The van der Waals surface area contributed by atoms with E-state index in [4.69, 9.17) is 5.73 Å². The quantitative estimate of drug-likeness (QED) is 0.854. The van der Waals surface area contributed by atoms with Crippen LogP contribution in [0.3, 0.4) is 0 Å². The lowest BCUT2D eigenvalue weighted by Gasteiger charge is -2.26. The molecule has 1 fully saturated rings. The van der Waals surface area contributed by atoms with Gasteiger partial charge in [0.15, 0.2) is 0 Å². The second-order valence-electron chi connectivity index (χ2n) is 4.97. The minimum atomic E-state index is -4.34. The maximum atomic E-state index is 14.0. The van der Waals surface area contributed by atoms with Gasteiger partial charge in [-0.1, -0.05) is 6.07 Å². The first-order valence-electron chi connectivity index (χ1n) is 6.16. The van der Waals surface area contributed by atoms with E-state index in [9.17, 15) is 17.6 Å². The molecule has 6 heteroatoms. The Morgan fingerprint density at radius 2 is 2.00 bits per heavy atom. The van der Waals surface area contributed by atoms with Crippen molar-refractivity contribution in [3.8, 4) is 0 Å². The summed E-state index contributed by atoms with van der Waals surface area (Å²) in [5.41, 5.74) is 6.20. The van der Waals surface area contributed by atoms with E-state index in [1.165, 1.54) is 12.1 Å². The Labute approximate surface area is 109 Å². The van der Waals surface area contributed by atoms with Crippen LogP contribution in [0.15, 0.2) is 18.2 Å². The van der Waals surface area contributed by atoms with Gasteiger partial charge in [0.2, 0.25) is 0 Å². The molecule has 1 aliphatic rings. The number of benzene rings is 1. The van der Waals surface area contributed by atoms with Gasteiger partial charge < -0.3 is 10.6 Å². The van der Waals surface area contributed by atoms with Crippen molar-refractivity contribution >= 4 is 5.69 Å². The van der Waals surface area contributed by atoms with Crippen molar-refractivity contribution in [1.82, 2.24) is 0 Å². The zero-order valence-electron chi connectivity index (χ0n) is 10.5. The van der Waals surface area contributed by atoms with Crippen LogP contribution in [-0.2, 0) is 0 Å². The Kier molecular flexibility index (Phi) is 3.71. The van der Waals surface area contributed by atoms with Gasteiger partial charge in [-0.2, -0.15) is 13.2 Å². The van der Waals surface area contributed by atoms with Crippen molar-refractivity contribution in [3.63, 3.8) is 0 Å². The van der Waals surface area contributed by atoms with Gasteiger partial charge in [-0.3, -0.25) is 0 Å². The highest BCUT2D eigenvalue weighted by Gasteiger charge is 2.39. The van der Waals surface area contributed by atoms with Crippen LogP contribution in [0.2, 0.25) is 0 Å². The molecule has 1 aromatic carbocycles. The number of halogens is 4. The summed E-state index contributed by atoms with van der Waals surface area (Å²) in [6.45, 7) is 0.578. The summed E-state index contributed by atoms with van der Waals surface area (Å²) >= 11 is 0. The van der Waals surface area contributed by atoms with Crippen molar-refractivity contribution in [3.05, 3.63) is 29.6 Å². The maximum Gasteiger partial charge on any atom is 0.405 e. The first-order valence-corrected chi connectivity index (χ1v) is 6.16. The summed E-state index contributed by atoms with van der Waals surface area (Å²) in [5.74, 6) is -0.647. The van der Waals surface area contributed by atoms with Gasteiger partial charge in [0.1, 0.15) is 12.4 Å². The maximum absolute atomic E-state index is 14.0. The molecule has 2 N–H and O–H groups in total. The SMILES string of the molecule is C[C@@H](N)c1ccc(N(CC(F)(F)F)C2CC2)c(F)c1. The Hall–Kier alpha value is -1.30. The molecule has 1 aromatic rings. The molecule has 0 aliphatic heterocycles. The molecule has 0 unspecified atom stereocenters. The van der Waals surface area contributed by atoms with Crippen LogP contribution in [0, 0.1) is 5.82 Å². The van der Waals surface area contributed by atoms with Crippen molar-refractivity contribution < 1.29 is 17.6 Å². The largest absolute Gasteiger partial charge is 0.405 e. The van der Waals surface area contributed by atoms with Gasteiger partial charge in [-0.05, 0) is 37.5 Å². The first kappa shape index (κ1) is 14.1. The van der Waals surface area contributed by atoms with Crippen LogP contribution < -0.4 is 10.6 Å². The van der Waals surface area contributed by atoms with E-state index in [1.807, 2.05) is 0 Å². The first-order chi connectivity index (χ1) is 8.78. The molecular formula is C13H16F4N2. The molecule has 0 amide bonds. The molecular weight excluding hydrogens is 260 g/mol. The number of hydrogen-bond donors (Lipinski definition) is 1. The monoisotopic (exact) mass is 276 g/mol. The van der Waals surface area contributed by atoms with Gasteiger partial charge in [0.05, 0.1) is 5.69 Å². The van der Waals surface area contributed by atoms with Gasteiger partial charge in [0.25, 0.3) is 0 Å². The highest BCUT2D eigenvalue weighted by Crippen LogP contribution is 2.36. The summed E-state index contributed by atoms with van der Waals surface area (Å²) in [6.07, 6.45) is -3.00. The zero-order valence-corrected chi connectivity index (χ0v) is 10.5. The van der Waals surface area contributed by atoms with E-state index in [0.29, 0.717) is 18.4 Å². The average molecular weight is 276 g/mol. The number of rotatable bonds is 4. The fraction of sp³-hybridized carbons (Fsp3) is 0.538. The molecule has 0 aromatic heterocycles. The van der Waals surface area contributed by atoms with Crippen LogP contribution in [0.5, 0.6) is 0 Å². The number of nitrogens with two attached hydrogens (primary N) is 1. The average Bonchev–Trinajstić information content (AvgIpc) is 3.08. The van der Waals surface area contributed by atoms with Gasteiger partial charge in [-0.25, -0.2) is 4.39 Å². The topological polar surface area (TPSA) is 29.3 Å². The van der Waals surface area contributed by atoms with Crippen LogP contribution >= 0.6 is 0 Å². The van der Waals surface area contributed by atoms with Crippen molar-refractivity contribution in [2.24, 2.45) is 5.73 Å². The fourth-order valence-electron chi connectivity index (χ4n) is 2.03. The molecule has 0 saturated heterocycles. The van der Waals surface area contributed by atoms with Gasteiger partial charge in [-0.15, -0.1) is 0 Å². The van der Waals surface area contributed by atoms with Crippen LogP contribution in [0.25, 0.3) is 0 Å². The molecule has 106 valence electrons. The molecule has 2 rings (SSSR count). The Bertz CT molecular complexity index is 452. The third-order valence-electron chi connectivity index (χ3n) is 3.14. The Morgan fingerprint density at radius 3 is 2.42 bits per heavy atom. The number of nitrogens with zero attached hydrogens (tertiary/aromatic N) is 1. The summed E-state index contributed by atoms with van der Waals surface area (Å²) in [7, 11) is 0. The molecule has 19 heavy (non-hydrogen) atoms. The van der Waals surface area contributed by atoms with E-state index in [2.05, 4.69) is 0 Å². The lowest BCUT2D eigenvalue weighted by atomic mass is 10.1. The zero-order chi connectivity index (χ0) is 14.2. The summed E-state index contributed by atoms with van der Waals surface area (Å²) in [5, 5.41) is 0. The van der Waals surface area contributed by atoms with Crippen molar-refractivity contribution in [1.29, 1.82) is 0 Å². The predicted molar refractivity (Wildman–Crippen MR) is 65.4 cm³/mol. The summed E-state index contributed by atoms with van der Waals surface area (Å²) < 4.78 is 51.6. The van der Waals surface area contributed by atoms with Crippen LogP contribution in [0.1, 0.15) is 31.4 Å². The van der Waals surface area contributed by atoms with Gasteiger partial charge >= 0.3 is 6.18 Å². The molecule has 0 bridgehead atoms. The second kappa shape index (κ2) is 5.00. The second-order valence-corrected chi connectivity index (χ2v) is 4.97. The van der Waals surface area contributed by atoms with Crippen molar-refractivity contribution in [2.45, 2.75) is 38.0 Å². The van der Waals surface area contributed by atoms with E-state index in [0.717, 1.165) is 4.90 Å². The number of hydrogen-bond acceptors (Lipinski definition) is 2. The third-order valence-corrected chi connectivity index (χ3v) is 3.14. The fourth-order valence-corrected chi connectivity index (χ4v) is 2.03.